The molecule has 0 saturated carbocycles. The van der Waals surface area contributed by atoms with Crippen molar-refractivity contribution in [3.63, 3.8) is 0 Å². The molecule has 0 aliphatic carbocycles. The van der Waals surface area contributed by atoms with Crippen LogP contribution in [0.5, 0.6) is 23.0 Å². The zero-order valence-electron chi connectivity index (χ0n) is 29.1. The molecule has 0 aromatic heterocycles. The summed E-state index contributed by atoms with van der Waals surface area (Å²) in [5, 5.41) is 11.1. The second-order valence-electron chi connectivity index (χ2n) is 12.7. The van der Waals surface area contributed by atoms with Gasteiger partial charge < -0.3 is 37.8 Å². The van der Waals surface area contributed by atoms with Crippen LogP contribution in [0.4, 0.5) is 0 Å². The van der Waals surface area contributed by atoms with E-state index in [2.05, 4.69) is 28.2 Å². The number of nitrogens with zero attached hydrogens (tertiary/aromatic N) is 1. The maximum Gasteiger partial charge on any atom is 0.637 e. The third-order valence-electron chi connectivity index (χ3n) is 7.11. The molecule has 0 radical (unpaired) electrons. The minimum atomic E-state index is -1.42. The van der Waals surface area contributed by atoms with Crippen molar-refractivity contribution in [2.24, 2.45) is 0 Å². The van der Waals surface area contributed by atoms with E-state index in [0.717, 1.165) is 49.7 Å². The van der Waals surface area contributed by atoms with Crippen LogP contribution in [0, 0.1) is 0 Å². The van der Waals surface area contributed by atoms with Crippen LogP contribution in [-0.4, -0.2) is 85.7 Å². The lowest BCUT2D eigenvalue weighted by Crippen LogP contribution is -2.36. The third-order valence-corrected chi connectivity index (χ3v) is 7.11. The van der Waals surface area contributed by atoms with Crippen molar-refractivity contribution in [1.82, 2.24) is 0 Å². The summed E-state index contributed by atoms with van der Waals surface area (Å²) in [6.07, 6.45) is 1.64. The summed E-state index contributed by atoms with van der Waals surface area (Å²) in [6, 6.07) is 31.4. The van der Waals surface area contributed by atoms with Crippen molar-refractivity contribution in [3.8, 4) is 23.0 Å². The van der Waals surface area contributed by atoms with Gasteiger partial charge in [0.15, 0.2) is 0 Å². The molecule has 4 aromatic carbocycles. The minimum absolute atomic E-state index is 0.343. The van der Waals surface area contributed by atoms with Gasteiger partial charge in [-0.25, -0.2) is 0 Å². The molecule has 252 valence electrons. The highest BCUT2D eigenvalue weighted by molar-refractivity contribution is 6.34. The van der Waals surface area contributed by atoms with Crippen LogP contribution < -0.4 is 18.9 Å². The van der Waals surface area contributed by atoms with E-state index < -0.39 is 7.32 Å². The number of quaternary nitrogens is 1. The van der Waals surface area contributed by atoms with E-state index in [1.807, 2.05) is 97.1 Å². The molecule has 0 aliphatic heterocycles. The lowest BCUT2D eigenvalue weighted by molar-refractivity contribution is -0.849. The van der Waals surface area contributed by atoms with Gasteiger partial charge in [0.25, 0.3) is 0 Å². The number of methoxy groups -OCH3 is 4. The van der Waals surface area contributed by atoms with Crippen LogP contribution in [0.1, 0.15) is 22.3 Å². The summed E-state index contributed by atoms with van der Waals surface area (Å²) in [5.41, 5.74) is 4.26. The van der Waals surface area contributed by atoms with Crippen molar-refractivity contribution in [3.05, 3.63) is 119 Å². The predicted octanol–water partition coefficient (Wildman–Crippen LogP) is 6.06. The predicted molar refractivity (Wildman–Crippen MR) is 188 cm³/mol. The van der Waals surface area contributed by atoms with Crippen molar-refractivity contribution in [1.29, 1.82) is 0 Å². The molecule has 1 N–H and O–H groups in total. The molecule has 0 atom stereocenters. The van der Waals surface area contributed by atoms with Crippen LogP contribution >= 0.6 is 0 Å². The Morgan fingerprint density at radius 3 is 0.809 bits per heavy atom. The number of ether oxygens (including phenoxy) is 4. The van der Waals surface area contributed by atoms with Gasteiger partial charge in [-0.3, -0.25) is 0 Å². The highest BCUT2D eigenvalue weighted by Gasteiger charge is 2.27. The molecule has 9 heteroatoms. The topological polar surface area (TPSA) is 75.6 Å². The van der Waals surface area contributed by atoms with Gasteiger partial charge in [0.1, 0.15) is 23.0 Å². The number of benzene rings is 4. The molecule has 8 nitrogen and oxygen atoms in total. The summed E-state index contributed by atoms with van der Waals surface area (Å²) in [4.78, 5) is 0. The van der Waals surface area contributed by atoms with Crippen LogP contribution in [0.2, 0.25) is 0 Å². The Balaban J connectivity index is 0.00000111. The van der Waals surface area contributed by atoms with Crippen molar-refractivity contribution >= 4 is 7.32 Å². The number of hydrogen-bond acceptors (Lipinski definition) is 7. The summed E-state index contributed by atoms with van der Waals surface area (Å²) in [5.74, 6) is 3.15. The third kappa shape index (κ3) is 14.5. The lowest BCUT2D eigenvalue weighted by atomic mass is 9.98. The van der Waals surface area contributed by atoms with Crippen LogP contribution in [0.25, 0.3) is 0 Å². The molecule has 47 heavy (non-hydrogen) atoms. The van der Waals surface area contributed by atoms with Gasteiger partial charge in [0.05, 0.1) is 68.8 Å². The van der Waals surface area contributed by atoms with Gasteiger partial charge in [-0.2, -0.15) is 0 Å². The molecule has 0 fully saturated rings. The Labute approximate surface area is 281 Å². The highest BCUT2D eigenvalue weighted by atomic mass is 16.7. The molecule has 0 unspecified atom stereocenters. The Kier molecular flexibility index (Phi) is 15.1. The van der Waals surface area contributed by atoms with Gasteiger partial charge in [0, 0.05) is 0 Å². The first-order valence-corrected chi connectivity index (χ1v) is 15.8. The van der Waals surface area contributed by atoms with Gasteiger partial charge in [-0.1, -0.05) is 48.5 Å². The Bertz CT molecular complexity index is 1210. The van der Waals surface area contributed by atoms with Crippen molar-refractivity contribution in [2.75, 3.05) is 56.6 Å². The first-order valence-electron chi connectivity index (χ1n) is 15.8. The standard InChI is InChI=1S/C34H39BO7.C4H12N/c1-37-29-13-5-25(6-14-29)21-33(22-26-7-15-30(38-2)16-8-26)41-35(36)42-34(23-27-9-17-31(39-3)18-10-27)24-28-11-19-32(40-4)20-12-28;1-5(2,3)4/h5-20,33-34,36H,21-24H2,1-4H3;1-4H3/q;+1. The summed E-state index contributed by atoms with van der Waals surface area (Å²) < 4.78 is 34.6. The van der Waals surface area contributed by atoms with Crippen LogP contribution in [0.3, 0.4) is 0 Å². The Morgan fingerprint density at radius 1 is 0.447 bits per heavy atom. The quantitative estimate of drug-likeness (QED) is 0.117. The van der Waals surface area contributed by atoms with Gasteiger partial charge in [-0.05, 0) is 96.5 Å². The molecule has 4 rings (SSSR count). The second-order valence-corrected chi connectivity index (χ2v) is 12.7. The Hall–Kier alpha value is -4.02. The molecule has 0 aliphatic rings. The van der Waals surface area contributed by atoms with E-state index in [1.165, 1.54) is 0 Å². The van der Waals surface area contributed by atoms with Gasteiger partial charge in [-0.15, -0.1) is 0 Å². The van der Waals surface area contributed by atoms with E-state index in [0.29, 0.717) is 25.7 Å². The molecule has 0 saturated heterocycles. The molecular weight excluding hydrogens is 593 g/mol. The van der Waals surface area contributed by atoms with E-state index in [-0.39, 0.29) is 12.2 Å². The molecule has 4 aromatic rings. The van der Waals surface area contributed by atoms with E-state index in [4.69, 9.17) is 28.3 Å². The fourth-order valence-corrected chi connectivity index (χ4v) is 4.80. The fourth-order valence-electron chi connectivity index (χ4n) is 4.80. The summed E-state index contributed by atoms with van der Waals surface area (Å²) in [7, 11) is 13.7. The van der Waals surface area contributed by atoms with E-state index in [1.54, 1.807) is 28.4 Å². The smallest absolute Gasteiger partial charge is 0.497 e. The lowest BCUT2D eigenvalue weighted by Gasteiger charge is -2.24. The fraction of sp³-hybridized carbons (Fsp3) is 0.368. The van der Waals surface area contributed by atoms with Gasteiger partial charge in [0.2, 0.25) is 0 Å². The zero-order chi connectivity index (χ0) is 34.2. The summed E-state index contributed by atoms with van der Waals surface area (Å²) >= 11 is 0. The van der Waals surface area contributed by atoms with E-state index >= 15 is 0 Å². The number of hydrogen-bond donors (Lipinski definition) is 1. The summed E-state index contributed by atoms with van der Waals surface area (Å²) in [6.45, 7) is 0. The van der Waals surface area contributed by atoms with Gasteiger partial charge >= 0.3 is 7.32 Å². The normalized spacial score (nSPS) is 11.1. The average molecular weight is 645 g/mol. The average Bonchev–Trinajstić information content (AvgIpc) is 3.05. The first-order chi connectivity index (χ1) is 22.5. The molecule has 0 spiro atoms. The van der Waals surface area contributed by atoms with Crippen LogP contribution in [0.15, 0.2) is 97.1 Å². The minimum Gasteiger partial charge on any atom is -0.497 e. The maximum absolute atomic E-state index is 11.1. The van der Waals surface area contributed by atoms with Crippen molar-refractivity contribution in [2.45, 2.75) is 37.9 Å². The number of rotatable bonds is 16. The molecular formula is C38H51BNO7+. The zero-order valence-corrected chi connectivity index (χ0v) is 29.1. The monoisotopic (exact) mass is 644 g/mol. The highest BCUT2D eigenvalue weighted by Crippen LogP contribution is 2.21. The maximum atomic E-state index is 11.1. The Morgan fingerprint density at radius 2 is 0.638 bits per heavy atom. The van der Waals surface area contributed by atoms with Crippen LogP contribution in [-0.2, 0) is 35.0 Å². The molecule has 0 amide bonds. The molecule has 0 heterocycles. The van der Waals surface area contributed by atoms with Crippen molar-refractivity contribution < 1.29 is 37.8 Å². The van der Waals surface area contributed by atoms with E-state index in [9.17, 15) is 5.02 Å². The first kappa shape index (κ1) is 37.4. The molecule has 0 bridgehead atoms. The largest absolute Gasteiger partial charge is 0.637 e. The SMILES string of the molecule is COc1ccc(CC(Cc2ccc(OC)cc2)OB(O)OC(Cc2ccc(OC)cc2)Cc2ccc(OC)cc2)cc1.C[N+](C)(C)C. The second kappa shape index (κ2) is 19.0.